The Morgan fingerprint density at radius 3 is 2.47 bits per heavy atom. The summed E-state index contributed by atoms with van der Waals surface area (Å²) >= 11 is 0. The number of aryl methyl sites for hydroxylation is 1. The predicted molar refractivity (Wildman–Crippen MR) is 65.5 cm³/mol. The summed E-state index contributed by atoms with van der Waals surface area (Å²) in [5.41, 5.74) is -0.422. The highest BCUT2D eigenvalue weighted by Crippen LogP contribution is 2.28. The van der Waals surface area contributed by atoms with Gasteiger partial charge in [0.2, 0.25) is 0 Å². The first kappa shape index (κ1) is 13.0. The van der Waals surface area contributed by atoms with Crippen LogP contribution in [0.15, 0.2) is 30.3 Å². The lowest BCUT2D eigenvalue weighted by molar-refractivity contribution is 0.584. The van der Waals surface area contributed by atoms with E-state index in [1.807, 2.05) is 0 Å². The molecular formula is C14H9F3N2. The van der Waals surface area contributed by atoms with Gasteiger partial charge in [-0.15, -0.1) is 0 Å². The van der Waals surface area contributed by atoms with E-state index in [1.165, 1.54) is 25.1 Å². The van der Waals surface area contributed by atoms with E-state index in [0.29, 0.717) is 0 Å². The molecule has 0 aliphatic carbocycles. The Labute approximate surface area is 108 Å². The summed E-state index contributed by atoms with van der Waals surface area (Å²) < 4.78 is 40.8. The SMILES string of the molecule is Cc1ccc(F)c(Nc2cccc(F)c2C#N)c1F. The third-order valence-electron chi connectivity index (χ3n) is 2.67. The van der Waals surface area contributed by atoms with E-state index < -0.39 is 23.1 Å². The van der Waals surface area contributed by atoms with Gasteiger partial charge in [0.15, 0.2) is 5.82 Å². The molecular weight excluding hydrogens is 253 g/mol. The molecule has 0 heterocycles. The van der Waals surface area contributed by atoms with Crippen molar-refractivity contribution >= 4 is 11.4 Å². The predicted octanol–water partition coefficient (Wildman–Crippen LogP) is 4.03. The second-order valence-corrected chi connectivity index (χ2v) is 3.95. The van der Waals surface area contributed by atoms with E-state index in [9.17, 15) is 13.2 Å². The maximum Gasteiger partial charge on any atom is 0.152 e. The molecule has 5 heteroatoms. The van der Waals surface area contributed by atoms with Crippen molar-refractivity contribution < 1.29 is 13.2 Å². The standard InChI is InChI=1S/C14H9F3N2/c1-8-5-6-11(16)14(13(8)17)19-12-4-2-3-10(15)9(12)7-18/h2-6,19H,1H3. The van der Waals surface area contributed by atoms with Crippen molar-refractivity contribution in [2.75, 3.05) is 5.32 Å². The number of halogens is 3. The fourth-order valence-electron chi connectivity index (χ4n) is 1.65. The summed E-state index contributed by atoms with van der Waals surface area (Å²) in [5, 5.41) is 11.3. The molecule has 0 saturated carbocycles. The van der Waals surface area contributed by atoms with Gasteiger partial charge in [-0.05, 0) is 30.7 Å². The van der Waals surface area contributed by atoms with Gasteiger partial charge in [0.1, 0.15) is 29.0 Å². The molecule has 0 amide bonds. The summed E-state index contributed by atoms with van der Waals surface area (Å²) in [6.07, 6.45) is 0. The second-order valence-electron chi connectivity index (χ2n) is 3.95. The molecule has 0 aromatic heterocycles. The van der Waals surface area contributed by atoms with Crippen LogP contribution in [0.25, 0.3) is 0 Å². The van der Waals surface area contributed by atoms with Crippen molar-refractivity contribution in [3.05, 3.63) is 58.9 Å². The zero-order valence-corrected chi connectivity index (χ0v) is 9.97. The van der Waals surface area contributed by atoms with Crippen LogP contribution >= 0.6 is 0 Å². The molecule has 2 aromatic rings. The second kappa shape index (κ2) is 5.02. The molecule has 0 fully saturated rings. The van der Waals surface area contributed by atoms with Crippen LogP contribution in [0, 0.1) is 35.7 Å². The van der Waals surface area contributed by atoms with Crippen LogP contribution < -0.4 is 5.32 Å². The molecule has 2 nitrogen and oxygen atoms in total. The van der Waals surface area contributed by atoms with E-state index in [-0.39, 0.29) is 16.8 Å². The quantitative estimate of drug-likeness (QED) is 0.887. The average molecular weight is 262 g/mol. The molecule has 0 unspecified atom stereocenters. The highest BCUT2D eigenvalue weighted by molar-refractivity contribution is 5.68. The summed E-state index contributed by atoms with van der Waals surface area (Å²) in [6.45, 7) is 1.48. The fraction of sp³-hybridized carbons (Fsp3) is 0.0714. The van der Waals surface area contributed by atoms with Gasteiger partial charge < -0.3 is 5.32 Å². The molecule has 0 aliphatic heterocycles. The van der Waals surface area contributed by atoms with Crippen molar-refractivity contribution in [2.45, 2.75) is 6.92 Å². The van der Waals surface area contributed by atoms with Gasteiger partial charge >= 0.3 is 0 Å². The van der Waals surface area contributed by atoms with Crippen molar-refractivity contribution in [3.63, 3.8) is 0 Å². The van der Waals surface area contributed by atoms with Gasteiger partial charge in [0.05, 0.1) is 5.69 Å². The normalized spacial score (nSPS) is 10.1. The molecule has 0 atom stereocenters. The minimum absolute atomic E-state index is 0.0194. The molecule has 0 spiro atoms. The van der Waals surface area contributed by atoms with Crippen molar-refractivity contribution in [1.29, 1.82) is 5.26 Å². The Bertz CT molecular complexity index is 675. The van der Waals surface area contributed by atoms with Crippen molar-refractivity contribution in [3.8, 4) is 6.07 Å². The summed E-state index contributed by atoms with van der Waals surface area (Å²) in [5.74, 6) is -2.33. The molecule has 96 valence electrons. The topological polar surface area (TPSA) is 35.8 Å². The zero-order chi connectivity index (χ0) is 14.0. The third kappa shape index (κ3) is 2.38. The summed E-state index contributed by atoms with van der Waals surface area (Å²) in [4.78, 5) is 0. The molecule has 2 aromatic carbocycles. The van der Waals surface area contributed by atoms with E-state index in [4.69, 9.17) is 5.26 Å². The summed E-state index contributed by atoms with van der Waals surface area (Å²) in [6, 6.07) is 7.89. The van der Waals surface area contributed by atoms with E-state index in [0.717, 1.165) is 12.1 Å². The number of benzene rings is 2. The first-order valence-electron chi connectivity index (χ1n) is 5.45. The highest BCUT2D eigenvalue weighted by Gasteiger charge is 2.14. The number of hydrogen-bond donors (Lipinski definition) is 1. The van der Waals surface area contributed by atoms with Crippen LogP contribution in [0.5, 0.6) is 0 Å². The maximum absolute atomic E-state index is 13.8. The Morgan fingerprint density at radius 1 is 1.05 bits per heavy atom. The lowest BCUT2D eigenvalue weighted by atomic mass is 10.1. The monoisotopic (exact) mass is 262 g/mol. The van der Waals surface area contributed by atoms with Crippen LogP contribution in [0.4, 0.5) is 24.5 Å². The number of anilines is 2. The first-order chi connectivity index (χ1) is 9.04. The van der Waals surface area contributed by atoms with Gasteiger partial charge in [-0.2, -0.15) is 5.26 Å². The Kier molecular flexibility index (Phi) is 3.43. The molecule has 0 saturated heterocycles. The fourth-order valence-corrected chi connectivity index (χ4v) is 1.65. The smallest absolute Gasteiger partial charge is 0.152 e. The minimum atomic E-state index is -0.809. The Hall–Kier alpha value is -2.48. The molecule has 2 rings (SSSR count). The van der Waals surface area contributed by atoms with Crippen molar-refractivity contribution in [1.82, 2.24) is 0 Å². The lowest BCUT2D eigenvalue weighted by Gasteiger charge is -2.11. The van der Waals surface area contributed by atoms with Gasteiger partial charge in [0, 0.05) is 0 Å². The first-order valence-corrected chi connectivity index (χ1v) is 5.45. The van der Waals surface area contributed by atoms with Crippen LogP contribution in [0.3, 0.4) is 0 Å². The zero-order valence-electron chi connectivity index (χ0n) is 9.97. The Morgan fingerprint density at radius 2 is 1.79 bits per heavy atom. The van der Waals surface area contributed by atoms with Gasteiger partial charge in [-0.1, -0.05) is 12.1 Å². The van der Waals surface area contributed by atoms with Crippen LogP contribution in [0.1, 0.15) is 11.1 Å². The van der Waals surface area contributed by atoms with Crippen molar-refractivity contribution in [2.24, 2.45) is 0 Å². The molecule has 0 radical (unpaired) electrons. The van der Waals surface area contributed by atoms with E-state index in [2.05, 4.69) is 5.32 Å². The lowest BCUT2D eigenvalue weighted by Crippen LogP contribution is -2.02. The largest absolute Gasteiger partial charge is 0.350 e. The molecule has 0 bridgehead atoms. The molecule has 0 aliphatic rings. The van der Waals surface area contributed by atoms with Crippen LogP contribution in [-0.4, -0.2) is 0 Å². The maximum atomic E-state index is 13.8. The number of nitrogens with one attached hydrogen (secondary N) is 1. The van der Waals surface area contributed by atoms with Crippen LogP contribution in [-0.2, 0) is 0 Å². The van der Waals surface area contributed by atoms with Crippen LogP contribution in [0.2, 0.25) is 0 Å². The van der Waals surface area contributed by atoms with Gasteiger partial charge in [0.25, 0.3) is 0 Å². The van der Waals surface area contributed by atoms with E-state index >= 15 is 0 Å². The average Bonchev–Trinajstić information content (AvgIpc) is 2.39. The number of nitriles is 1. The number of hydrogen-bond acceptors (Lipinski definition) is 2. The molecule has 19 heavy (non-hydrogen) atoms. The third-order valence-corrected chi connectivity index (χ3v) is 2.67. The Balaban J connectivity index is 2.52. The minimum Gasteiger partial charge on any atom is -0.350 e. The number of rotatable bonds is 2. The van der Waals surface area contributed by atoms with E-state index in [1.54, 1.807) is 6.07 Å². The molecule has 1 N–H and O–H groups in total. The van der Waals surface area contributed by atoms with Gasteiger partial charge in [-0.3, -0.25) is 0 Å². The highest BCUT2D eigenvalue weighted by atomic mass is 19.1. The van der Waals surface area contributed by atoms with Gasteiger partial charge in [-0.25, -0.2) is 13.2 Å². The number of nitrogens with zero attached hydrogens (tertiary/aromatic N) is 1. The summed E-state index contributed by atoms with van der Waals surface area (Å²) in [7, 11) is 0.